The molecule has 3 heteroatoms. The molecule has 0 aliphatic rings. The van der Waals surface area contributed by atoms with E-state index in [1.165, 1.54) is 5.54 Å². The Kier molecular flexibility index (Phi) is 5.29. The van der Waals surface area contributed by atoms with E-state index >= 15 is 0 Å². The van der Waals surface area contributed by atoms with E-state index in [2.05, 4.69) is 0 Å². The van der Waals surface area contributed by atoms with E-state index < -0.39 is 0 Å². The highest BCUT2D eigenvalue weighted by Crippen LogP contribution is 1.83. The van der Waals surface area contributed by atoms with Crippen LogP contribution in [0.3, 0.4) is 0 Å². The van der Waals surface area contributed by atoms with E-state index in [4.69, 9.17) is 16.9 Å². The van der Waals surface area contributed by atoms with Crippen LogP contribution in [-0.2, 0) is 0 Å². The third-order valence-corrected chi connectivity index (χ3v) is 1.02. The van der Waals surface area contributed by atoms with Crippen molar-refractivity contribution < 1.29 is 0 Å². The Morgan fingerprint density at radius 2 is 2.44 bits per heavy atom. The molecule has 0 aromatic heterocycles. The van der Waals surface area contributed by atoms with Gasteiger partial charge < -0.3 is 0 Å². The van der Waals surface area contributed by atoms with Crippen LogP contribution in [-0.4, -0.2) is 25.0 Å². The molecule has 0 spiro atoms. The molecule has 0 saturated carbocycles. The SMILES string of the molecule is CN(CC#N)CC=CCl. The smallest absolute Gasteiger partial charge is 0.0866 e. The number of nitriles is 1. The molecule has 0 unspecified atom stereocenters. The van der Waals surface area contributed by atoms with Crippen LogP contribution in [0.25, 0.3) is 0 Å². The van der Waals surface area contributed by atoms with Crippen molar-refractivity contribution in [3.05, 3.63) is 11.6 Å². The van der Waals surface area contributed by atoms with Crippen LogP contribution >= 0.6 is 11.6 Å². The summed E-state index contributed by atoms with van der Waals surface area (Å²) in [5.74, 6) is 0. The van der Waals surface area contributed by atoms with Gasteiger partial charge in [0.2, 0.25) is 0 Å². The van der Waals surface area contributed by atoms with Gasteiger partial charge in [0, 0.05) is 12.1 Å². The number of halogens is 1. The summed E-state index contributed by atoms with van der Waals surface area (Å²) in [4.78, 5) is 1.86. The lowest BCUT2D eigenvalue weighted by Gasteiger charge is -2.06. The Balaban J connectivity index is 3.29. The molecule has 0 N–H and O–H groups in total. The molecule has 0 saturated heterocycles. The van der Waals surface area contributed by atoms with Gasteiger partial charge in [-0.3, -0.25) is 4.90 Å². The van der Waals surface area contributed by atoms with Crippen molar-refractivity contribution in [1.29, 1.82) is 5.26 Å². The predicted octanol–water partition coefficient (Wildman–Crippen LogP) is 1.19. The maximum Gasteiger partial charge on any atom is 0.0866 e. The lowest BCUT2D eigenvalue weighted by molar-refractivity contribution is 0.417. The molecular weight excluding hydrogens is 136 g/mol. The largest absolute Gasteiger partial charge is 0.290 e. The molecule has 0 heterocycles. The first-order valence-electron chi connectivity index (χ1n) is 2.62. The molecule has 2 nitrogen and oxygen atoms in total. The van der Waals surface area contributed by atoms with Gasteiger partial charge in [0.15, 0.2) is 0 Å². The summed E-state index contributed by atoms with van der Waals surface area (Å²) >= 11 is 5.26. The summed E-state index contributed by atoms with van der Waals surface area (Å²) < 4.78 is 0. The summed E-state index contributed by atoms with van der Waals surface area (Å²) in [7, 11) is 1.86. The van der Waals surface area contributed by atoms with E-state index in [1.54, 1.807) is 6.08 Å². The summed E-state index contributed by atoms with van der Waals surface area (Å²) in [6, 6.07) is 2.03. The van der Waals surface area contributed by atoms with Crippen molar-refractivity contribution in [3.63, 3.8) is 0 Å². The highest BCUT2D eigenvalue weighted by atomic mass is 35.5. The zero-order valence-corrected chi connectivity index (χ0v) is 6.10. The molecule has 9 heavy (non-hydrogen) atoms. The van der Waals surface area contributed by atoms with Gasteiger partial charge in [0.1, 0.15) is 0 Å². The van der Waals surface area contributed by atoms with Crippen LogP contribution in [0.5, 0.6) is 0 Å². The predicted molar refractivity (Wildman–Crippen MR) is 38.1 cm³/mol. The second kappa shape index (κ2) is 5.61. The van der Waals surface area contributed by atoms with E-state index in [0.29, 0.717) is 6.54 Å². The molecule has 0 fully saturated rings. The van der Waals surface area contributed by atoms with E-state index in [0.717, 1.165) is 6.54 Å². The van der Waals surface area contributed by atoms with Crippen molar-refractivity contribution in [2.45, 2.75) is 0 Å². The van der Waals surface area contributed by atoms with Crippen molar-refractivity contribution in [2.24, 2.45) is 0 Å². The second-order valence-electron chi connectivity index (χ2n) is 1.72. The quantitative estimate of drug-likeness (QED) is 0.557. The van der Waals surface area contributed by atoms with Gasteiger partial charge in [-0.05, 0) is 7.05 Å². The van der Waals surface area contributed by atoms with Crippen molar-refractivity contribution >= 4 is 11.6 Å². The summed E-state index contributed by atoms with van der Waals surface area (Å²) in [6.45, 7) is 1.18. The Morgan fingerprint density at radius 3 is 2.89 bits per heavy atom. The van der Waals surface area contributed by atoms with Crippen LogP contribution in [0, 0.1) is 11.3 Å². The van der Waals surface area contributed by atoms with Crippen molar-refractivity contribution in [1.82, 2.24) is 4.90 Å². The van der Waals surface area contributed by atoms with Crippen molar-refractivity contribution in [2.75, 3.05) is 20.1 Å². The molecular formula is C6H9ClN2. The monoisotopic (exact) mass is 144 g/mol. The first kappa shape index (κ1) is 8.48. The van der Waals surface area contributed by atoms with Crippen LogP contribution < -0.4 is 0 Å². The minimum absolute atomic E-state index is 0.446. The Bertz CT molecular complexity index is 126. The third kappa shape index (κ3) is 5.35. The molecule has 0 rings (SSSR count). The Hall–Kier alpha value is -0.520. The average molecular weight is 145 g/mol. The zero-order chi connectivity index (χ0) is 7.11. The summed E-state index contributed by atoms with van der Waals surface area (Å²) in [5.41, 5.74) is 1.45. The van der Waals surface area contributed by atoms with Gasteiger partial charge in [0.05, 0.1) is 12.6 Å². The van der Waals surface area contributed by atoms with Gasteiger partial charge >= 0.3 is 0 Å². The van der Waals surface area contributed by atoms with Crippen LogP contribution in [0.15, 0.2) is 11.6 Å². The van der Waals surface area contributed by atoms with E-state index in [1.807, 2.05) is 18.0 Å². The average Bonchev–Trinajstić information content (AvgIpc) is 1.85. The number of hydrogen-bond donors (Lipinski definition) is 0. The second-order valence-corrected chi connectivity index (χ2v) is 1.97. The van der Waals surface area contributed by atoms with Gasteiger partial charge in [-0.15, -0.1) is 0 Å². The number of nitrogens with zero attached hydrogens (tertiary/aromatic N) is 2. The molecule has 0 aliphatic carbocycles. The standard InChI is InChI=1S/C6H9ClN2/c1-9(6-4-8)5-2-3-7/h2-3H,5-6H2,1H3. The molecule has 0 aromatic rings. The molecule has 0 radical (unpaired) electrons. The Morgan fingerprint density at radius 1 is 1.78 bits per heavy atom. The lowest BCUT2D eigenvalue weighted by atomic mass is 10.5. The van der Waals surface area contributed by atoms with Gasteiger partial charge in [0.25, 0.3) is 0 Å². The molecule has 0 aliphatic heterocycles. The fourth-order valence-corrected chi connectivity index (χ4v) is 0.485. The zero-order valence-electron chi connectivity index (χ0n) is 5.34. The normalized spacial score (nSPS) is 10.4. The van der Waals surface area contributed by atoms with E-state index in [9.17, 15) is 0 Å². The molecule has 50 valence electrons. The van der Waals surface area contributed by atoms with Crippen LogP contribution in [0.1, 0.15) is 0 Å². The topological polar surface area (TPSA) is 27.0 Å². The van der Waals surface area contributed by atoms with Crippen LogP contribution in [0.2, 0.25) is 0 Å². The van der Waals surface area contributed by atoms with Crippen LogP contribution in [0.4, 0.5) is 0 Å². The third-order valence-electron chi connectivity index (χ3n) is 0.847. The fourth-order valence-electron chi connectivity index (χ4n) is 0.405. The number of hydrogen-bond acceptors (Lipinski definition) is 2. The maximum absolute atomic E-state index is 8.19. The first-order valence-corrected chi connectivity index (χ1v) is 3.05. The molecule has 0 amide bonds. The molecule has 0 bridgehead atoms. The minimum atomic E-state index is 0.446. The summed E-state index contributed by atoms with van der Waals surface area (Å²) in [5, 5.41) is 8.19. The van der Waals surface area contributed by atoms with Crippen molar-refractivity contribution in [3.8, 4) is 6.07 Å². The first-order chi connectivity index (χ1) is 4.31. The van der Waals surface area contributed by atoms with Gasteiger partial charge in [-0.25, -0.2) is 0 Å². The molecule has 0 aromatic carbocycles. The summed E-state index contributed by atoms with van der Waals surface area (Å²) in [6.07, 6.45) is 1.79. The number of rotatable bonds is 3. The highest BCUT2D eigenvalue weighted by molar-refractivity contribution is 6.25. The lowest BCUT2D eigenvalue weighted by Crippen LogP contribution is -2.17. The van der Waals surface area contributed by atoms with E-state index in [-0.39, 0.29) is 0 Å². The Labute approximate surface area is 60.3 Å². The number of likely N-dealkylation sites (N-methyl/N-ethyl adjacent to an activating group) is 1. The fraction of sp³-hybridized carbons (Fsp3) is 0.500. The molecule has 0 atom stereocenters. The minimum Gasteiger partial charge on any atom is -0.290 e. The highest BCUT2D eigenvalue weighted by Gasteiger charge is 1.89. The van der Waals surface area contributed by atoms with Gasteiger partial charge in [-0.1, -0.05) is 17.7 Å². The van der Waals surface area contributed by atoms with Gasteiger partial charge in [-0.2, -0.15) is 5.26 Å². The maximum atomic E-state index is 8.19.